The Labute approximate surface area is 137 Å². The highest BCUT2D eigenvalue weighted by molar-refractivity contribution is 5.92. The van der Waals surface area contributed by atoms with E-state index in [2.05, 4.69) is 9.68 Å². The first kappa shape index (κ1) is 16.4. The molecule has 0 aliphatic carbocycles. The molecule has 3 rings (SSSR count). The molecule has 0 bridgehead atoms. The Hall–Kier alpha value is -2.45. The predicted molar refractivity (Wildman–Crippen MR) is 80.1 cm³/mol. The largest absolute Gasteiger partial charge is 0.490 e. The highest BCUT2D eigenvalue weighted by Crippen LogP contribution is 2.18. The van der Waals surface area contributed by atoms with Crippen molar-refractivity contribution in [2.75, 3.05) is 32.9 Å². The summed E-state index contributed by atoms with van der Waals surface area (Å²) in [5.41, 5.74) is -1.22. The van der Waals surface area contributed by atoms with Crippen LogP contribution in [0.2, 0.25) is 0 Å². The Kier molecular flexibility index (Phi) is 4.77. The molecule has 2 heterocycles. The number of nitrogens with zero attached hydrogens (tertiary/aromatic N) is 2. The number of hydrogen-bond acceptors (Lipinski definition) is 6. The topological polar surface area (TPSA) is 85.0 Å². The van der Waals surface area contributed by atoms with Gasteiger partial charge in [-0.05, 0) is 24.3 Å². The summed E-state index contributed by atoms with van der Waals surface area (Å²) in [7, 11) is 0. The van der Waals surface area contributed by atoms with E-state index in [1.807, 2.05) is 0 Å². The number of carbonyl (C=O) groups excluding carboxylic acids is 1. The number of carbonyl (C=O) groups is 1. The zero-order valence-corrected chi connectivity index (χ0v) is 12.9. The van der Waals surface area contributed by atoms with Gasteiger partial charge in [0.25, 0.3) is 5.91 Å². The lowest BCUT2D eigenvalue weighted by Crippen LogP contribution is -2.50. The third kappa shape index (κ3) is 3.90. The van der Waals surface area contributed by atoms with Crippen LogP contribution in [-0.4, -0.2) is 59.6 Å². The van der Waals surface area contributed by atoms with E-state index < -0.39 is 5.60 Å². The van der Waals surface area contributed by atoms with E-state index in [4.69, 9.17) is 9.47 Å². The summed E-state index contributed by atoms with van der Waals surface area (Å²) in [5.74, 6) is -0.304. The van der Waals surface area contributed by atoms with Crippen LogP contribution in [0.5, 0.6) is 5.75 Å². The van der Waals surface area contributed by atoms with Gasteiger partial charge in [-0.3, -0.25) is 4.79 Å². The van der Waals surface area contributed by atoms with Gasteiger partial charge in [-0.25, -0.2) is 4.39 Å². The number of aliphatic hydroxyl groups is 1. The highest BCUT2D eigenvalue weighted by Gasteiger charge is 2.36. The molecule has 24 heavy (non-hydrogen) atoms. The van der Waals surface area contributed by atoms with Crippen molar-refractivity contribution in [1.29, 1.82) is 0 Å². The molecule has 7 nitrogen and oxygen atoms in total. The Morgan fingerprint density at radius 2 is 2.17 bits per heavy atom. The van der Waals surface area contributed by atoms with E-state index in [1.165, 1.54) is 41.5 Å². The summed E-state index contributed by atoms with van der Waals surface area (Å²) < 4.78 is 28.5. The molecule has 1 aliphatic rings. The summed E-state index contributed by atoms with van der Waals surface area (Å²) in [6.45, 7) is 0.574. The molecule has 1 aliphatic heterocycles. The Balaban J connectivity index is 1.66. The molecular weight excluding hydrogens is 319 g/mol. The molecule has 1 N–H and O–H groups in total. The number of rotatable bonds is 4. The van der Waals surface area contributed by atoms with E-state index in [-0.39, 0.29) is 37.2 Å². The summed E-state index contributed by atoms with van der Waals surface area (Å²) in [4.78, 5) is 13.8. The quantitative estimate of drug-likeness (QED) is 0.900. The predicted octanol–water partition coefficient (Wildman–Crippen LogP) is 1.10. The summed E-state index contributed by atoms with van der Waals surface area (Å²) in [6.07, 6.45) is 1.31. The number of β-amino-alcohol motifs (C(OH)–C–C–N with tert-alkyl or cyclic N) is 1. The molecule has 2 aromatic rings. The molecule has 8 heteroatoms. The van der Waals surface area contributed by atoms with Crippen LogP contribution in [0.25, 0.3) is 0 Å². The Morgan fingerprint density at radius 1 is 1.38 bits per heavy atom. The second kappa shape index (κ2) is 6.98. The molecule has 1 atom stereocenters. The molecule has 0 radical (unpaired) electrons. The van der Waals surface area contributed by atoms with Gasteiger partial charge in [-0.1, -0.05) is 5.16 Å². The number of aromatic nitrogens is 1. The van der Waals surface area contributed by atoms with Gasteiger partial charge < -0.3 is 24.0 Å². The van der Waals surface area contributed by atoms with Gasteiger partial charge in [0.2, 0.25) is 0 Å². The van der Waals surface area contributed by atoms with Crippen LogP contribution in [0.4, 0.5) is 4.39 Å². The molecule has 1 amide bonds. The van der Waals surface area contributed by atoms with Crippen LogP contribution < -0.4 is 4.74 Å². The van der Waals surface area contributed by atoms with Crippen LogP contribution >= 0.6 is 0 Å². The maximum absolute atomic E-state index is 12.9. The van der Waals surface area contributed by atoms with E-state index in [0.717, 1.165) is 0 Å². The third-order valence-corrected chi connectivity index (χ3v) is 3.63. The lowest BCUT2D eigenvalue weighted by Gasteiger charge is -2.30. The van der Waals surface area contributed by atoms with Gasteiger partial charge >= 0.3 is 0 Å². The second-order valence-electron chi connectivity index (χ2n) is 5.63. The molecule has 1 aromatic heterocycles. The number of ether oxygens (including phenoxy) is 2. The first-order valence-electron chi connectivity index (χ1n) is 7.44. The number of benzene rings is 1. The van der Waals surface area contributed by atoms with Gasteiger partial charge in [0.05, 0.1) is 19.8 Å². The second-order valence-corrected chi connectivity index (χ2v) is 5.63. The zero-order valence-electron chi connectivity index (χ0n) is 12.9. The van der Waals surface area contributed by atoms with Crippen LogP contribution in [-0.2, 0) is 4.74 Å². The van der Waals surface area contributed by atoms with Crippen molar-refractivity contribution in [3.05, 3.63) is 48.1 Å². The van der Waals surface area contributed by atoms with Gasteiger partial charge in [-0.2, -0.15) is 0 Å². The molecule has 1 saturated heterocycles. The fraction of sp³-hybridized carbons (Fsp3) is 0.375. The van der Waals surface area contributed by atoms with Gasteiger partial charge in [0, 0.05) is 12.6 Å². The van der Waals surface area contributed by atoms with Crippen molar-refractivity contribution in [3.63, 3.8) is 0 Å². The lowest BCUT2D eigenvalue weighted by atomic mass is 10.1. The number of hydrogen-bond donors (Lipinski definition) is 1. The average molecular weight is 336 g/mol. The van der Waals surface area contributed by atoms with E-state index in [1.54, 1.807) is 0 Å². The van der Waals surface area contributed by atoms with Crippen molar-refractivity contribution in [1.82, 2.24) is 10.1 Å². The molecule has 0 unspecified atom stereocenters. The smallest absolute Gasteiger partial charge is 0.276 e. The molecule has 128 valence electrons. The Bertz CT molecular complexity index is 676. The molecule has 1 fully saturated rings. The maximum Gasteiger partial charge on any atom is 0.276 e. The number of halogens is 1. The fourth-order valence-corrected chi connectivity index (χ4v) is 2.41. The maximum atomic E-state index is 12.9. The van der Waals surface area contributed by atoms with E-state index in [9.17, 15) is 14.3 Å². The van der Waals surface area contributed by atoms with Crippen LogP contribution in [0.3, 0.4) is 0 Å². The van der Waals surface area contributed by atoms with Gasteiger partial charge in [-0.15, -0.1) is 0 Å². The highest BCUT2D eigenvalue weighted by atomic mass is 19.1. The van der Waals surface area contributed by atoms with E-state index in [0.29, 0.717) is 18.9 Å². The van der Waals surface area contributed by atoms with Gasteiger partial charge in [0.1, 0.15) is 30.0 Å². The molecule has 1 aromatic carbocycles. The minimum Gasteiger partial charge on any atom is -0.490 e. The minimum atomic E-state index is -1.38. The van der Waals surface area contributed by atoms with Crippen molar-refractivity contribution in [2.45, 2.75) is 5.60 Å². The standard InChI is InChI=1S/C16H17FN2O5/c17-12-1-3-13(4-2-12)23-11-16(21)9-19(6-8-22-10-16)15(20)14-5-7-24-18-14/h1-5,7,21H,6,8-11H2/t16-/m1/s1. The average Bonchev–Trinajstić information content (AvgIpc) is 3.04. The SMILES string of the molecule is O=C(c1ccon1)N1CCOC[C@@](O)(COc2ccc(F)cc2)C1. The first-order chi connectivity index (χ1) is 11.6. The van der Waals surface area contributed by atoms with Gasteiger partial charge in [0.15, 0.2) is 5.69 Å². The summed E-state index contributed by atoms with van der Waals surface area (Å²) in [6, 6.07) is 6.93. The molecule has 0 spiro atoms. The van der Waals surface area contributed by atoms with Crippen molar-refractivity contribution >= 4 is 5.91 Å². The van der Waals surface area contributed by atoms with Crippen LogP contribution in [0, 0.1) is 5.82 Å². The first-order valence-corrected chi connectivity index (χ1v) is 7.44. The van der Waals surface area contributed by atoms with Crippen molar-refractivity contribution in [2.24, 2.45) is 0 Å². The monoisotopic (exact) mass is 336 g/mol. The minimum absolute atomic E-state index is 0.0246. The Morgan fingerprint density at radius 3 is 2.88 bits per heavy atom. The number of amides is 1. The summed E-state index contributed by atoms with van der Waals surface area (Å²) in [5, 5.41) is 14.3. The van der Waals surface area contributed by atoms with Crippen LogP contribution in [0.1, 0.15) is 10.5 Å². The molecular formula is C16H17FN2O5. The van der Waals surface area contributed by atoms with Crippen LogP contribution in [0.15, 0.2) is 41.1 Å². The van der Waals surface area contributed by atoms with Crippen molar-refractivity contribution < 1.29 is 28.3 Å². The molecule has 0 saturated carbocycles. The third-order valence-electron chi connectivity index (χ3n) is 3.63. The van der Waals surface area contributed by atoms with Crippen molar-refractivity contribution in [3.8, 4) is 5.75 Å². The summed E-state index contributed by atoms with van der Waals surface area (Å²) >= 11 is 0. The lowest BCUT2D eigenvalue weighted by molar-refractivity contribution is -0.0621. The normalized spacial score (nSPS) is 21.3. The fourth-order valence-electron chi connectivity index (χ4n) is 2.41. The van der Waals surface area contributed by atoms with E-state index >= 15 is 0 Å². The zero-order chi connectivity index (χ0) is 17.0.